The molecule has 0 fully saturated rings. The van der Waals surface area contributed by atoms with Crippen LogP contribution < -0.4 is 0 Å². The van der Waals surface area contributed by atoms with Crippen molar-refractivity contribution < 1.29 is 32.2 Å². The van der Waals surface area contributed by atoms with Crippen LogP contribution in [0.4, 0.5) is 4.39 Å². The molecule has 2 aromatic carbocycles. The molecule has 34 heavy (non-hydrogen) atoms. The number of carbonyl (C=O) groups excluding carboxylic acids is 2. The lowest BCUT2D eigenvalue weighted by atomic mass is 9.84. The van der Waals surface area contributed by atoms with Gasteiger partial charge in [0, 0.05) is 6.42 Å². The van der Waals surface area contributed by atoms with E-state index in [1.807, 2.05) is 27.7 Å². The third-order valence-corrected chi connectivity index (χ3v) is 7.30. The number of rotatable bonds is 9. The quantitative estimate of drug-likeness (QED) is 0.511. The summed E-state index contributed by atoms with van der Waals surface area (Å²) in [6, 6.07) is 6.47. The van der Waals surface area contributed by atoms with E-state index in [9.17, 15) is 27.5 Å². The van der Waals surface area contributed by atoms with E-state index in [4.69, 9.17) is 4.74 Å². The number of ketones is 1. The van der Waals surface area contributed by atoms with Crippen LogP contribution in [0.15, 0.2) is 35.2 Å². The van der Waals surface area contributed by atoms with Gasteiger partial charge in [-0.3, -0.25) is 4.79 Å². The second-order valence-electron chi connectivity index (χ2n) is 9.64. The number of aliphatic hydroxyl groups is 1. The van der Waals surface area contributed by atoms with Crippen molar-refractivity contribution in [2.24, 2.45) is 0 Å². The Morgan fingerprint density at radius 3 is 1.97 bits per heavy atom. The van der Waals surface area contributed by atoms with E-state index in [0.717, 1.165) is 23.3 Å². The number of benzene rings is 2. The van der Waals surface area contributed by atoms with Crippen LogP contribution in [0.2, 0.25) is 0 Å². The largest absolute Gasteiger partial charge is 0.465 e. The van der Waals surface area contributed by atoms with E-state index < -0.39 is 38.8 Å². The maximum atomic E-state index is 14.1. The topological polar surface area (TPSA) is 97.7 Å². The van der Waals surface area contributed by atoms with E-state index in [0.29, 0.717) is 11.1 Å². The van der Waals surface area contributed by atoms with E-state index in [-0.39, 0.29) is 28.7 Å². The van der Waals surface area contributed by atoms with Crippen LogP contribution in [0.3, 0.4) is 0 Å². The molecule has 0 atom stereocenters. The minimum absolute atomic E-state index is 0.0286. The highest BCUT2D eigenvalue weighted by Crippen LogP contribution is 2.31. The fourth-order valence-corrected chi connectivity index (χ4v) is 5.12. The van der Waals surface area contributed by atoms with Crippen molar-refractivity contribution in [3.63, 3.8) is 0 Å². The van der Waals surface area contributed by atoms with Crippen molar-refractivity contribution in [2.45, 2.75) is 70.3 Å². The van der Waals surface area contributed by atoms with Gasteiger partial charge in [-0.15, -0.1) is 0 Å². The first-order valence-electron chi connectivity index (χ1n) is 11.1. The summed E-state index contributed by atoms with van der Waals surface area (Å²) in [6.07, 6.45) is -0.143. The summed E-state index contributed by atoms with van der Waals surface area (Å²) in [6.45, 7) is 10.5. The number of methoxy groups -OCH3 is 1. The van der Waals surface area contributed by atoms with Gasteiger partial charge >= 0.3 is 5.97 Å². The molecule has 186 valence electrons. The molecular formula is C26H33FO6S. The highest BCUT2D eigenvalue weighted by atomic mass is 32.2. The summed E-state index contributed by atoms with van der Waals surface area (Å²) in [5.41, 5.74) is 1.25. The zero-order chi connectivity index (χ0) is 26.0. The summed E-state index contributed by atoms with van der Waals surface area (Å²) >= 11 is 0. The van der Waals surface area contributed by atoms with Crippen LogP contribution in [0.25, 0.3) is 0 Å². The second-order valence-corrected chi connectivity index (χ2v) is 11.6. The van der Waals surface area contributed by atoms with Crippen LogP contribution >= 0.6 is 0 Å². The Morgan fingerprint density at radius 2 is 1.53 bits per heavy atom. The second kappa shape index (κ2) is 10.4. The maximum absolute atomic E-state index is 14.1. The summed E-state index contributed by atoms with van der Waals surface area (Å²) in [5, 5.41) is 10.2. The van der Waals surface area contributed by atoms with Crippen LogP contribution in [0.5, 0.6) is 0 Å². The van der Waals surface area contributed by atoms with Gasteiger partial charge in [0.2, 0.25) is 0 Å². The molecule has 0 saturated carbocycles. The van der Waals surface area contributed by atoms with Crippen molar-refractivity contribution in [2.75, 3.05) is 12.9 Å². The minimum Gasteiger partial charge on any atom is -0.465 e. The van der Waals surface area contributed by atoms with Crippen molar-refractivity contribution in [3.05, 3.63) is 64.0 Å². The maximum Gasteiger partial charge on any atom is 0.337 e. The number of halogens is 1. The number of ether oxygens (including phenoxy) is 1. The van der Waals surface area contributed by atoms with Gasteiger partial charge < -0.3 is 9.84 Å². The number of esters is 1. The highest BCUT2D eigenvalue weighted by molar-refractivity contribution is 7.92. The van der Waals surface area contributed by atoms with Crippen molar-refractivity contribution >= 4 is 21.6 Å². The third-order valence-electron chi connectivity index (χ3n) is 5.65. The SMILES string of the molecule is COC(=O)c1cc(C(C)C)c(CC(=O)CS(=O)(=O)c2cc(F)cc(C(C)(C)O)c2)c(C(C)C)c1. The Balaban J connectivity index is 2.46. The van der Waals surface area contributed by atoms with Gasteiger partial charge in [-0.05, 0) is 78.3 Å². The molecule has 0 amide bonds. The van der Waals surface area contributed by atoms with Crippen molar-refractivity contribution in [1.29, 1.82) is 0 Å². The van der Waals surface area contributed by atoms with E-state index in [2.05, 4.69) is 0 Å². The lowest BCUT2D eigenvalue weighted by Gasteiger charge is -2.21. The fraction of sp³-hybridized carbons (Fsp3) is 0.462. The molecule has 2 rings (SSSR count). The molecule has 0 aromatic heterocycles. The molecule has 0 bridgehead atoms. The van der Waals surface area contributed by atoms with E-state index in [1.54, 1.807) is 12.1 Å². The Kier molecular flexibility index (Phi) is 8.43. The molecule has 0 aliphatic carbocycles. The van der Waals surface area contributed by atoms with Crippen molar-refractivity contribution in [1.82, 2.24) is 0 Å². The molecule has 0 saturated heterocycles. The standard InChI is InChI=1S/C26H33FO6S/c1-15(2)22-8-17(25(29)33-7)9-23(16(3)4)24(22)13-20(28)14-34(31,32)21-11-18(26(5,6)30)10-19(27)12-21/h8-12,15-16,30H,13-14H2,1-7H3. The summed E-state index contributed by atoms with van der Waals surface area (Å²) < 4.78 is 44.8. The number of sulfone groups is 1. The summed E-state index contributed by atoms with van der Waals surface area (Å²) in [5.74, 6) is -2.72. The van der Waals surface area contributed by atoms with Crippen LogP contribution in [0, 0.1) is 5.82 Å². The molecule has 6 nitrogen and oxygen atoms in total. The minimum atomic E-state index is -4.15. The zero-order valence-corrected chi connectivity index (χ0v) is 21.5. The van der Waals surface area contributed by atoms with Gasteiger partial charge in [0.15, 0.2) is 15.6 Å². The Hall–Kier alpha value is -2.58. The van der Waals surface area contributed by atoms with Crippen molar-refractivity contribution in [3.8, 4) is 0 Å². The smallest absolute Gasteiger partial charge is 0.337 e. The van der Waals surface area contributed by atoms with Gasteiger partial charge in [-0.25, -0.2) is 17.6 Å². The lowest BCUT2D eigenvalue weighted by molar-refractivity contribution is -0.116. The molecule has 0 unspecified atom stereocenters. The first-order chi connectivity index (χ1) is 15.6. The van der Waals surface area contributed by atoms with Gasteiger partial charge in [-0.2, -0.15) is 0 Å². The normalized spacial score (nSPS) is 12.3. The van der Waals surface area contributed by atoms with Crippen LogP contribution in [-0.4, -0.2) is 38.1 Å². The fourth-order valence-electron chi connectivity index (χ4n) is 3.83. The van der Waals surface area contributed by atoms with E-state index >= 15 is 0 Å². The Bertz CT molecular complexity index is 1160. The average molecular weight is 493 g/mol. The molecule has 0 spiro atoms. The molecule has 1 N–H and O–H groups in total. The van der Waals surface area contributed by atoms with Gasteiger partial charge in [0.05, 0.1) is 23.2 Å². The first-order valence-corrected chi connectivity index (χ1v) is 12.7. The summed E-state index contributed by atoms with van der Waals surface area (Å²) in [4.78, 5) is 24.8. The predicted octanol–water partition coefficient (Wildman–Crippen LogP) is 4.67. The zero-order valence-electron chi connectivity index (χ0n) is 20.7. The van der Waals surface area contributed by atoms with Crippen LogP contribution in [0.1, 0.15) is 86.0 Å². The predicted molar refractivity (Wildman–Crippen MR) is 128 cm³/mol. The molecule has 0 radical (unpaired) electrons. The molecule has 2 aromatic rings. The Labute approximate surface area is 201 Å². The molecule has 8 heteroatoms. The van der Waals surface area contributed by atoms with Gasteiger partial charge in [-0.1, -0.05) is 27.7 Å². The van der Waals surface area contributed by atoms with Gasteiger partial charge in [0.25, 0.3) is 0 Å². The monoisotopic (exact) mass is 492 g/mol. The lowest BCUT2D eigenvalue weighted by Crippen LogP contribution is -2.22. The number of carbonyl (C=O) groups is 2. The number of hydrogen-bond acceptors (Lipinski definition) is 6. The average Bonchev–Trinajstić information content (AvgIpc) is 2.71. The molecule has 0 heterocycles. The van der Waals surface area contributed by atoms with Gasteiger partial charge in [0.1, 0.15) is 11.6 Å². The summed E-state index contributed by atoms with van der Waals surface area (Å²) in [7, 11) is -2.86. The third kappa shape index (κ3) is 6.51. The molecular weight excluding hydrogens is 459 g/mol. The number of hydrogen-bond donors (Lipinski definition) is 1. The van der Waals surface area contributed by atoms with E-state index in [1.165, 1.54) is 27.0 Å². The molecule has 0 aliphatic heterocycles. The highest BCUT2D eigenvalue weighted by Gasteiger charge is 2.26. The van der Waals surface area contributed by atoms with Crippen LogP contribution in [-0.2, 0) is 31.4 Å². The molecule has 0 aliphatic rings. The first kappa shape index (κ1) is 27.7. The Morgan fingerprint density at radius 1 is 1.00 bits per heavy atom. The number of Topliss-reactive ketones (excluding diaryl/α,β-unsaturated/α-hetero) is 1.